The molecule has 4 unspecified atom stereocenters. The first-order chi connectivity index (χ1) is 20.3. The highest BCUT2D eigenvalue weighted by Crippen LogP contribution is 2.47. The van der Waals surface area contributed by atoms with E-state index in [0.29, 0.717) is 6.42 Å². The minimum atomic E-state index is -4.84. The lowest BCUT2D eigenvalue weighted by atomic mass is 9.69. The number of phosphoric acid groups is 1. The summed E-state index contributed by atoms with van der Waals surface area (Å²) >= 11 is 0. The highest BCUT2D eigenvalue weighted by Gasteiger charge is 2.54. The van der Waals surface area contributed by atoms with Crippen molar-refractivity contribution in [3.8, 4) is 0 Å². The van der Waals surface area contributed by atoms with Crippen molar-refractivity contribution in [1.82, 2.24) is 0 Å². The number of methoxy groups -OCH3 is 1. The smallest absolute Gasteiger partial charge is 0.394 e. The lowest BCUT2D eigenvalue weighted by Crippen LogP contribution is -2.56. The molecule has 0 bridgehead atoms. The Morgan fingerprint density at radius 1 is 0.930 bits per heavy atom. The van der Waals surface area contributed by atoms with E-state index in [0.717, 1.165) is 19.3 Å². The van der Waals surface area contributed by atoms with Gasteiger partial charge in [0, 0.05) is 13.5 Å². The van der Waals surface area contributed by atoms with Crippen molar-refractivity contribution in [1.29, 1.82) is 0 Å². The molecule has 0 aromatic carbocycles. The van der Waals surface area contributed by atoms with Gasteiger partial charge in [0.1, 0.15) is 18.1 Å². The molecule has 0 saturated carbocycles. The second-order valence-electron chi connectivity index (χ2n) is 12.7. The van der Waals surface area contributed by atoms with Crippen LogP contribution in [-0.2, 0) is 27.9 Å². The van der Waals surface area contributed by atoms with E-state index in [1.807, 2.05) is 0 Å². The van der Waals surface area contributed by atoms with E-state index in [4.69, 9.17) is 18.9 Å². The highest BCUT2D eigenvalue weighted by atomic mass is 31.2. The van der Waals surface area contributed by atoms with Crippen LogP contribution < -0.4 is 0 Å². The van der Waals surface area contributed by atoms with Crippen LogP contribution in [0.3, 0.4) is 0 Å². The number of ketones is 2. The Morgan fingerprint density at radius 3 is 1.95 bits per heavy atom. The summed E-state index contributed by atoms with van der Waals surface area (Å²) in [5.74, 6) is -1.01. The number of hydrogen-bond donors (Lipinski definition) is 3. The maximum atomic E-state index is 14.2. The van der Waals surface area contributed by atoms with Gasteiger partial charge < -0.3 is 24.3 Å². The molecule has 0 spiro atoms. The first kappa shape index (κ1) is 39.8. The molecule has 1 rings (SSSR count). The Kier molecular flexibility index (Phi) is 19.2. The number of quaternary nitrogens is 1. The van der Waals surface area contributed by atoms with Gasteiger partial charge in [0.25, 0.3) is 0 Å². The molecule has 0 aromatic heterocycles. The van der Waals surface area contributed by atoms with Crippen LogP contribution in [0.5, 0.6) is 0 Å². The molecule has 10 nitrogen and oxygen atoms in total. The molecule has 0 amide bonds. The molecular formula is C32H59NO9P+. The molecule has 1 aliphatic rings. The zero-order valence-corrected chi connectivity index (χ0v) is 28.1. The van der Waals surface area contributed by atoms with Gasteiger partial charge in [0.05, 0.1) is 40.5 Å². The molecule has 5 atom stereocenters. The summed E-state index contributed by atoms with van der Waals surface area (Å²) in [7, 11) is 1.93. The summed E-state index contributed by atoms with van der Waals surface area (Å²) < 4.78 is 28.8. The molecule has 0 saturated heterocycles. The standard InChI is InChI=1S/C32H58NO9P/c1-6-7-8-9-10-11-12-13-14-15-16-17-18-21-29(36)32(23-20-19-22-30(32)40-5)31(37)28(24-33(2,3)4)42-43(38,39)41-26-27(35)25-34/h19-20,22-23,27-28,30,34-35H,6-18,21,24-26H2,1-5H3/p+1/t27-,28?,30?,32?/m1/s1. The van der Waals surface area contributed by atoms with E-state index in [2.05, 4.69) is 6.92 Å². The summed E-state index contributed by atoms with van der Waals surface area (Å²) in [6, 6.07) is 0. The van der Waals surface area contributed by atoms with Crippen molar-refractivity contribution in [3.63, 3.8) is 0 Å². The fourth-order valence-electron chi connectivity index (χ4n) is 5.36. The van der Waals surface area contributed by atoms with Crippen molar-refractivity contribution < 1.29 is 47.5 Å². The van der Waals surface area contributed by atoms with Gasteiger partial charge in [-0.2, -0.15) is 0 Å². The maximum absolute atomic E-state index is 14.2. The van der Waals surface area contributed by atoms with E-state index >= 15 is 0 Å². The Hall–Kier alpha value is -1.23. The van der Waals surface area contributed by atoms with E-state index in [-0.39, 0.29) is 23.2 Å². The first-order valence-electron chi connectivity index (χ1n) is 16.0. The largest absolute Gasteiger partial charge is 0.473 e. The molecule has 0 aliphatic heterocycles. The monoisotopic (exact) mass is 632 g/mol. The predicted molar refractivity (Wildman–Crippen MR) is 168 cm³/mol. The third kappa shape index (κ3) is 15.1. The van der Waals surface area contributed by atoms with Gasteiger partial charge in [-0.15, -0.1) is 0 Å². The highest BCUT2D eigenvalue weighted by molar-refractivity contribution is 7.47. The van der Waals surface area contributed by atoms with Gasteiger partial charge in [0.2, 0.25) is 0 Å². The number of phosphoric ester groups is 1. The second kappa shape index (κ2) is 20.7. The van der Waals surface area contributed by atoms with Crippen LogP contribution in [0.2, 0.25) is 0 Å². The van der Waals surface area contributed by atoms with Gasteiger partial charge in [-0.25, -0.2) is 4.57 Å². The van der Waals surface area contributed by atoms with Gasteiger partial charge in [-0.05, 0) is 6.42 Å². The lowest BCUT2D eigenvalue weighted by molar-refractivity contribution is -0.872. The van der Waals surface area contributed by atoms with Crippen molar-refractivity contribution in [2.24, 2.45) is 5.41 Å². The van der Waals surface area contributed by atoms with E-state index in [1.54, 1.807) is 39.4 Å². The van der Waals surface area contributed by atoms with Crippen molar-refractivity contribution in [2.75, 3.05) is 48.0 Å². The zero-order chi connectivity index (χ0) is 32.4. The van der Waals surface area contributed by atoms with Crippen molar-refractivity contribution >= 4 is 19.4 Å². The number of rotatable bonds is 26. The Morgan fingerprint density at radius 2 is 1.47 bits per heavy atom. The number of hydrogen-bond acceptors (Lipinski definition) is 8. The van der Waals surface area contributed by atoms with Crippen LogP contribution >= 0.6 is 7.82 Å². The number of Topliss-reactive ketones (excluding diaryl/α,β-unsaturated/α-hetero) is 2. The van der Waals surface area contributed by atoms with Crippen LogP contribution in [0.15, 0.2) is 24.3 Å². The molecule has 0 heterocycles. The molecule has 0 radical (unpaired) electrons. The minimum absolute atomic E-state index is 0.0307. The maximum Gasteiger partial charge on any atom is 0.473 e. The summed E-state index contributed by atoms with van der Waals surface area (Å²) in [6.07, 6.45) is 18.1. The van der Waals surface area contributed by atoms with Crippen LogP contribution in [0.4, 0.5) is 0 Å². The summed E-state index contributed by atoms with van der Waals surface area (Å²) in [6.45, 7) is 0.863. The van der Waals surface area contributed by atoms with Crippen LogP contribution in [0.25, 0.3) is 0 Å². The average molecular weight is 633 g/mol. The normalized spacial score (nSPS) is 21.4. The quantitative estimate of drug-likeness (QED) is 0.0502. The van der Waals surface area contributed by atoms with Gasteiger partial charge in [0.15, 0.2) is 17.7 Å². The number of aliphatic hydroxyl groups is 2. The summed E-state index contributed by atoms with van der Waals surface area (Å²) in [5, 5.41) is 18.5. The van der Waals surface area contributed by atoms with Gasteiger partial charge in [-0.3, -0.25) is 18.6 Å². The van der Waals surface area contributed by atoms with Crippen molar-refractivity contribution in [2.45, 2.75) is 115 Å². The first-order valence-corrected chi connectivity index (χ1v) is 17.5. The Labute approximate surface area is 259 Å². The molecule has 1 aliphatic carbocycles. The molecular weight excluding hydrogens is 573 g/mol. The summed E-state index contributed by atoms with van der Waals surface area (Å²) in [4.78, 5) is 38.4. The molecule has 0 aromatic rings. The predicted octanol–water partition coefficient (Wildman–Crippen LogP) is 5.29. The Balaban J connectivity index is 2.85. The van der Waals surface area contributed by atoms with Crippen molar-refractivity contribution in [3.05, 3.63) is 24.3 Å². The SMILES string of the molecule is CCCCCCCCCCCCCCCC(=O)C1(C(=O)C(C[N+](C)(C)C)OP(=O)(O)OC[C@H](O)CO)C=CC=CC1OC. The molecule has 0 fully saturated rings. The zero-order valence-electron chi connectivity index (χ0n) is 27.2. The number of unbranched alkanes of at least 4 members (excludes halogenated alkanes) is 12. The molecule has 11 heteroatoms. The molecule has 250 valence electrons. The fraction of sp³-hybridized carbons (Fsp3) is 0.812. The van der Waals surface area contributed by atoms with Crippen LogP contribution in [0.1, 0.15) is 96.8 Å². The van der Waals surface area contributed by atoms with Gasteiger partial charge >= 0.3 is 7.82 Å². The van der Waals surface area contributed by atoms with E-state index in [9.17, 15) is 24.2 Å². The van der Waals surface area contributed by atoms with E-state index in [1.165, 1.54) is 71.0 Å². The number of allylic oxidation sites excluding steroid dienone is 2. The number of carbonyl (C=O) groups is 2. The van der Waals surface area contributed by atoms with Gasteiger partial charge in [-0.1, -0.05) is 108 Å². The number of nitrogens with zero attached hydrogens (tertiary/aromatic N) is 1. The summed E-state index contributed by atoms with van der Waals surface area (Å²) in [5.41, 5.74) is -1.73. The number of aliphatic hydroxyl groups excluding tert-OH is 2. The number of ether oxygens (including phenoxy) is 1. The van der Waals surface area contributed by atoms with Crippen LogP contribution in [0, 0.1) is 5.41 Å². The topological polar surface area (TPSA) is 140 Å². The number of carbonyl (C=O) groups excluding carboxylic acids is 2. The van der Waals surface area contributed by atoms with E-state index < -0.39 is 50.5 Å². The molecule has 43 heavy (non-hydrogen) atoms. The second-order valence-corrected chi connectivity index (χ2v) is 14.1. The third-order valence-corrected chi connectivity index (χ3v) is 8.74. The lowest BCUT2D eigenvalue weighted by Gasteiger charge is -2.38. The third-order valence-electron chi connectivity index (χ3n) is 7.74. The number of likely N-dealkylation sites (N-methyl/N-ethyl adjacent to an activating group) is 1. The molecule has 3 N–H and O–H groups in total. The average Bonchev–Trinajstić information content (AvgIpc) is 2.96. The van der Waals surface area contributed by atoms with Crippen LogP contribution in [-0.4, -0.2) is 97.5 Å². The fourth-order valence-corrected chi connectivity index (χ4v) is 6.26. The minimum Gasteiger partial charge on any atom is -0.394 e. The Bertz CT molecular complexity index is 917.